The van der Waals surface area contributed by atoms with E-state index in [9.17, 15) is 9.90 Å². The molecule has 0 aliphatic carbocycles. The van der Waals surface area contributed by atoms with Gasteiger partial charge in [-0.2, -0.15) is 0 Å². The van der Waals surface area contributed by atoms with Crippen molar-refractivity contribution in [2.45, 2.75) is 71.1 Å². The number of rotatable bonds is 12. The number of unbranched alkanes of at least 4 members (excludes halogenated alkanes) is 7. The molecule has 1 aromatic carbocycles. The van der Waals surface area contributed by atoms with Crippen molar-refractivity contribution in [1.29, 1.82) is 0 Å². The van der Waals surface area contributed by atoms with Crippen LogP contribution in [0.15, 0.2) is 36.4 Å². The van der Waals surface area contributed by atoms with Crippen molar-refractivity contribution in [3.63, 3.8) is 0 Å². The SMILES string of the molecule is CCCCCCCCC=CCCCC(=O)Nc1ccc(O)cc1. The molecule has 0 unspecified atom stereocenters. The number of nitrogens with one attached hydrogen (secondary N) is 1. The average molecular weight is 317 g/mol. The van der Waals surface area contributed by atoms with E-state index in [2.05, 4.69) is 24.4 Å². The van der Waals surface area contributed by atoms with Gasteiger partial charge in [-0.25, -0.2) is 0 Å². The zero-order valence-corrected chi connectivity index (χ0v) is 14.4. The monoisotopic (exact) mass is 317 g/mol. The van der Waals surface area contributed by atoms with Gasteiger partial charge < -0.3 is 10.4 Å². The van der Waals surface area contributed by atoms with E-state index >= 15 is 0 Å². The summed E-state index contributed by atoms with van der Waals surface area (Å²) in [6, 6.07) is 6.54. The Kier molecular flexibility index (Phi) is 10.7. The van der Waals surface area contributed by atoms with Crippen LogP contribution in [0.5, 0.6) is 5.75 Å². The maximum absolute atomic E-state index is 11.8. The molecule has 0 heterocycles. The largest absolute Gasteiger partial charge is 0.508 e. The molecule has 0 aliphatic rings. The summed E-state index contributed by atoms with van der Waals surface area (Å²) in [5, 5.41) is 12.0. The third-order valence-electron chi connectivity index (χ3n) is 3.82. The lowest BCUT2D eigenvalue weighted by Gasteiger charge is -2.04. The molecule has 1 amide bonds. The second-order valence-corrected chi connectivity index (χ2v) is 6.02. The summed E-state index contributed by atoms with van der Waals surface area (Å²) >= 11 is 0. The molecule has 0 atom stereocenters. The number of benzene rings is 1. The molecule has 0 saturated carbocycles. The highest BCUT2D eigenvalue weighted by molar-refractivity contribution is 5.90. The van der Waals surface area contributed by atoms with Crippen molar-refractivity contribution in [3.05, 3.63) is 36.4 Å². The molecule has 1 aromatic rings. The Morgan fingerprint density at radius 1 is 0.957 bits per heavy atom. The van der Waals surface area contributed by atoms with Gasteiger partial charge in [-0.15, -0.1) is 0 Å². The fourth-order valence-electron chi connectivity index (χ4n) is 2.43. The van der Waals surface area contributed by atoms with Crippen molar-refractivity contribution in [2.24, 2.45) is 0 Å². The Hall–Kier alpha value is -1.77. The molecule has 0 radical (unpaired) electrons. The number of phenols is 1. The van der Waals surface area contributed by atoms with Crippen molar-refractivity contribution in [1.82, 2.24) is 0 Å². The molecule has 23 heavy (non-hydrogen) atoms. The average Bonchev–Trinajstić information content (AvgIpc) is 2.55. The Balaban J connectivity index is 1.98. The molecule has 2 N–H and O–H groups in total. The van der Waals surface area contributed by atoms with Crippen LogP contribution < -0.4 is 5.32 Å². The molecular weight excluding hydrogens is 286 g/mol. The number of phenolic OH excluding ortho intramolecular Hbond substituents is 1. The van der Waals surface area contributed by atoms with E-state index in [-0.39, 0.29) is 11.7 Å². The van der Waals surface area contributed by atoms with Gasteiger partial charge >= 0.3 is 0 Å². The number of carbonyl (C=O) groups excluding carboxylic acids is 1. The van der Waals surface area contributed by atoms with E-state index in [1.807, 2.05) is 0 Å². The van der Waals surface area contributed by atoms with Crippen LogP contribution in [0.3, 0.4) is 0 Å². The van der Waals surface area contributed by atoms with Crippen molar-refractivity contribution >= 4 is 11.6 Å². The molecule has 0 saturated heterocycles. The lowest BCUT2D eigenvalue weighted by molar-refractivity contribution is -0.116. The summed E-state index contributed by atoms with van der Waals surface area (Å²) in [5.74, 6) is 0.235. The predicted octanol–water partition coefficient (Wildman–Crippen LogP) is 5.81. The van der Waals surface area contributed by atoms with E-state index < -0.39 is 0 Å². The summed E-state index contributed by atoms with van der Waals surface area (Å²) in [6.45, 7) is 2.24. The summed E-state index contributed by atoms with van der Waals surface area (Å²) in [7, 11) is 0. The minimum atomic E-state index is 0.0278. The van der Waals surface area contributed by atoms with Gasteiger partial charge in [-0.3, -0.25) is 4.79 Å². The Morgan fingerprint density at radius 2 is 1.57 bits per heavy atom. The first kappa shape index (κ1) is 19.3. The highest BCUT2D eigenvalue weighted by atomic mass is 16.3. The quantitative estimate of drug-likeness (QED) is 0.290. The van der Waals surface area contributed by atoms with E-state index in [1.54, 1.807) is 24.3 Å². The van der Waals surface area contributed by atoms with Gasteiger partial charge in [0.15, 0.2) is 0 Å². The molecule has 128 valence electrons. The van der Waals surface area contributed by atoms with Gasteiger partial charge in [0, 0.05) is 12.1 Å². The molecule has 0 aliphatic heterocycles. The topological polar surface area (TPSA) is 49.3 Å². The van der Waals surface area contributed by atoms with Gasteiger partial charge in [0.1, 0.15) is 5.75 Å². The van der Waals surface area contributed by atoms with Crippen molar-refractivity contribution in [2.75, 3.05) is 5.32 Å². The van der Waals surface area contributed by atoms with Crippen LogP contribution in [-0.4, -0.2) is 11.0 Å². The van der Waals surface area contributed by atoms with Crippen LogP contribution in [0.1, 0.15) is 71.1 Å². The van der Waals surface area contributed by atoms with Gasteiger partial charge in [-0.05, 0) is 49.9 Å². The number of aromatic hydroxyl groups is 1. The number of allylic oxidation sites excluding steroid dienone is 2. The number of amides is 1. The lowest BCUT2D eigenvalue weighted by atomic mass is 10.1. The van der Waals surface area contributed by atoms with Crippen molar-refractivity contribution < 1.29 is 9.90 Å². The normalized spacial score (nSPS) is 11.0. The van der Waals surface area contributed by atoms with E-state index in [0.29, 0.717) is 6.42 Å². The van der Waals surface area contributed by atoms with E-state index in [4.69, 9.17) is 0 Å². The fourth-order valence-corrected chi connectivity index (χ4v) is 2.43. The highest BCUT2D eigenvalue weighted by Crippen LogP contribution is 2.14. The van der Waals surface area contributed by atoms with Gasteiger partial charge in [-0.1, -0.05) is 51.2 Å². The Bertz CT molecular complexity index is 451. The fraction of sp³-hybridized carbons (Fsp3) is 0.550. The molecule has 0 spiro atoms. The van der Waals surface area contributed by atoms with E-state index in [1.165, 1.54) is 38.5 Å². The maximum atomic E-state index is 11.8. The number of anilines is 1. The Labute approximate surface area is 140 Å². The second-order valence-electron chi connectivity index (χ2n) is 6.02. The summed E-state index contributed by atoms with van der Waals surface area (Å²) in [6.07, 6.45) is 16.0. The van der Waals surface area contributed by atoms with Gasteiger partial charge in [0.05, 0.1) is 0 Å². The van der Waals surface area contributed by atoms with Gasteiger partial charge in [0.2, 0.25) is 5.91 Å². The second kappa shape index (κ2) is 12.7. The van der Waals surface area contributed by atoms with E-state index in [0.717, 1.165) is 24.9 Å². The van der Waals surface area contributed by atoms with Crippen LogP contribution in [0.2, 0.25) is 0 Å². The summed E-state index contributed by atoms with van der Waals surface area (Å²) in [5.41, 5.74) is 0.728. The smallest absolute Gasteiger partial charge is 0.224 e. The molecule has 3 nitrogen and oxygen atoms in total. The summed E-state index contributed by atoms with van der Waals surface area (Å²) < 4.78 is 0. The molecule has 3 heteroatoms. The third-order valence-corrected chi connectivity index (χ3v) is 3.82. The van der Waals surface area contributed by atoms with Crippen LogP contribution in [0.4, 0.5) is 5.69 Å². The standard InChI is InChI=1S/C20H31NO2/c1-2-3-4-5-6-7-8-9-10-11-12-13-20(23)21-18-14-16-19(22)17-15-18/h9-10,14-17,22H,2-8,11-13H2,1H3,(H,21,23). The first-order valence-corrected chi connectivity index (χ1v) is 8.96. The van der Waals surface area contributed by atoms with Crippen LogP contribution in [-0.2, 0) is 4.79 Å². The first-order valence-electron chi connectivity index (χ1n) is 8.96. The van der Waals surface area contributed by atoms with Crippen molar-refractivity contribution in [3.8, 4) is 5.75 Å². The third kappa shape index (κ3) is 10.6. The highest BCUT2D eigenvalue weighted by Gasteiger charge is 2.01. The number of hydrogen-bond acceptors (Lipinski definition) is 2. The molecular formula is C20H31NO2. The number of carbonyl (C=O) groups is 1. The van der Waals surface area contributed by atoms with Gasteiger partial charge in [0.25, 0.3) is 0 Å². The lowest BCUT2D eigenvalue weighted by Crippen LogP contribution is -2.10. The molecule has 1 rings (SSSR count). The minimum Gasteiger partial charge on any atom is -0.508 e. The molecule has 0 aromatic heterocycles. The maximum Gasteiger partial charge on any atom is 0.224 e. The number of hydrogen-bond donors (Lipinski definition) is 2. The molecule has 0 fully saturated rings. The van der Waals surface area contributed by atoms with Crippen LogP contribution in [0, 0.1) is 0 Å². The minimum absolute atomic E-state index is 0.0278. The predicted molar refractivity (Wildman–Crippen MR) is 97.7 cm³/mol. The zero-order valence-electron chi connectivity index (χ0n) is 14.4. The molecule has 0 bridgehead atoms. The first-order chi connectivity index (χ1) is 11.2. The Morgan fingerprint density at radius 3 is 2.26 bits per heavy atom. The van der Waals surface area contributed by atoms with Crippen LogP contribution >= 0.6 is 0 Å². The zero-order chi connectivity index (χ0) is 16.8. The van der Waals surface area contributed by atoms with Crippen LogP contribution in [0.25, 0.3) is 0 Å². The summed E-state index contributed by atoms with van der Waals surface area (Å²) in [4.78, 5) is 11.8.